The Hall–Kier alpha value is -3.89. The second-order valence-corrected chi connectivity index (χ2v) is 10.6. The summed E-state index contributed by atoms with van der Waals surface area (Å²) in [6.07, 6.45) is 3.26. The molecule has 10 heteroatoms. The van der Waals surface area contributed by atoms with Crippen LogP contribution in [0.2, 0.25) is 0 Å². The number of carbonyl (C=O) groups is 3. The third kappa shape index (κ3) is 4.82. The molecular formula is C30H34N4O6. The number of fused-ring (bicyclic) bond motifs is 6. The molecule has 2 fully saturated rings. The van der Waals surface area contributed by atoms with Crippen LogP contribution < -0.4 is 10.2 Å². The first-order chi connectivity index (χ1) is 19.4. The zero-order chi connectivity index (χ0) is 27.8. The van der Waals surface area contributed by atoms with Gasteiger partial charge in [-0.15, -0.1) is 0 Å². The molecule has 2 saturated heterocycles. The normalized spacial score (nSPS) is 20.6. The molecule has 0 aliphatic carbocycles. The summed E-state index contributed by atoms with van der Waals surface area (Å²) in [5.41, 5.74) is 6.87. The second kappa shape index (κ2) is 10.9. The molecule has 1 aromatic heterocycles. The summed E-state index contributed by atoms with van der Waals surface area (Å²) >= 11 is 0. The van der Waals surface area contributed by atoms with Gasteiger partial charge in [-0.2, -0.15) is 0 Å². The van der Waals surface area contributed by atoms with Crippen molar-refractivity contribution in [1.82, 2.24) is 19.8 Å². The topological polar surface area (TPSA) is 102 Å². The van der Waals surface area contributed by atoms with E-state index in [0.29, 0.717) is 38.4 Å². The van der Waals surface area contributed by atoms with E-state index in [4.69, 9.17) is 14.3 Å². The molecule has 2 atom stereocenters. The standard InChI is InChI=1S/C30H34N4O6/c1-3-13-38-21-11-12-24-22(15-21)27-23-17-33(30(37)32(2)29(23)36)18-25(27)34(24)16-19-7-9-20(10-8-19)28(35)31-40-26-6-4-5-14-39-26/h7-12,15,23,26H,3-6,13-14,16-18H2,1-2H3,(H,31,35). The van der Waals surface area contributed by atoms with Crippen LogP contribution in [0.15, 0.2) is 42.5 Å². The van der Waals surface area contributed by atoms with Gasteiger partial charge in [-0.3, -0.25) is 14.5 Å². The Morgan fingerprint density at radius 1 is 1.12 bits per heavy atom. The largest absolute Gasteiger partial charge is 0.494 e. The van der Waals surface area contributed by atoms with Gasteiger partial charge in [0.25, 0.3) is 5.91 Å². The van der Waals surface area contributed by atoms with Gasteiger partial charge in [0.15, 0.2) is 6.29 Å². The first-order valence-corrected chi connectivity index (χ1v) is 14.0. The van der Waals surface area contributed by atoms with Crippen molar-refractivity contribution < 1.29 is 28.7 Å². The SMILES string of the molecule is CCCOc1ccc2c(c1)c1c(n2Cc2ccc(C(=O)NOC3CCCCO3)cc2)CN2CC1C(=O)N(C)C2=O. The fourth-order valence-corrected chi connectivity index (χ4v) is 5.83. The quantitative estimate of drug-likeness (QED) is 0.426. The number of likely N-dealkylation sites (N-methyl/N-ethyl adjacent to an activating group) is 1. The van der Waals surface area contributed by atoms with Crippen LogP contribution in [-0.4, -0.2) is 65.3 Å². The molecule has 1 N–H and O–H groups in total. The molecule has 0 radical (unpaired) electrons. The van der Waals surface area contributed by atoms with E-state index in [1.54, 1.807) is 24.1 Å². The number of ether oxygens (including phenoxy) is 2. The lowest BCUT2D eigenvalue weighted by Crippen LogP contribution is -2.56. The van der Waals surface area contributed by atoms with Crippen LogP contribution in [0.3, 0.4) is 0 Å². The fourth-order valence-electron chi connectivity index (χ4n) is 5.83. The molecule has 10 nitrogen and oxygen atoms in total. The molecule has 0 saturated carbocycles. The van der Waals surface area contributed by atoms with Crippen LogP contribution in [-0.2, 0) is 27.5 Å². The van der Waals surface area contributed by atoms with Crippen molar-refractivity contribution in [3.8, 4) is 5.75 Å². The second-order valence-electron chi connectivity index (χ2n) is 10.6. The Morgan fingerprint density at radius 3 is 2.70 bits per heavy atom. The molecule has 2 unspecified atom stereocenters. The molecule has 3 aliphatic rings. The first-order valence-electron chi connectivity index (χ1n) is 14.0. The lowest BCUT2D eigenvalue weighted by atomic mass is 9.89. The molecule has 40 heavy (non-hydrogen) atoms. The number of nitrogens with zero attached hydrogens (tertiary/aromatic N) is 3. The molecule has 2 bridgehead atoms. The number of imide groups is 1. The number of rotatable bonds is 8. The maximum atomic E-state index is 13.2. The molecule has 3 aromatic rings. The Kier molecular flexibility index (Phi) is 7.20. The molecular weight excluding hydrogens is 512 g/mol. The number of benzene rings is 2. The highest BCUT2D eigenvalue weighted by atomic mass is 16.8. The lowest BCUT2D eigenvalue weighted by Gasteiger charge is -2.41. The van der Waals surface area contributed by atoms with E-state index in [1.165, 1.54) is 4.90 Å². The monoisotopic (exact) mass is 546 g/mol. The summed E-state index contributed by atoms with van der Waals surface area (Å²) < 4.78 is 13.6. The minimum absolute atomic E-state index is 0.183. The van der Waals surface area contributed by atoms with Gasteiger partial charge in [-0.25, -0.2) is 15.1 Å². The average molecular weight is 547 g/mol. The highest BCUT2D eigenvalue weighted by molar-refractivity contribution is 6.04. The van der Waals surface area contributed by atoms with Crippen LogP contribution in [0.1, 0.15) is 65.7 Å². The Morgan fingerprint density at radius 2 is 1.95 bits per heavy atom. The Bertz CT molecular complexity index is 1440. The first kappa shape index (κ1) is 26.3. The summed E-state index contributed by atoms with van der Waals surface area (Å²) in [7, 11) is 1.55. The average Bonchev–Trinajstić information content (AvgIpc) is 3.29. The summed E-state index contributed by atoms with van der Waals surface area (Å²) in [5.74, 6) is -0.167. The van der Waals surface area contributed by atoms with Crippen LogP contribution in [0.4, 0.5) is 4.79 Å². The van der Waals surface area contributed by atoms with Gasteiger partial charge in [0.1, 0.15) is 5.75 Å². The molecule has 210 valence electrons. The zero-order valence-electron chi connectivity index (χ0n) is 22.9. The fraction of sp³-hybridized carbons (Fsp3) is 0.433. The molecule has 0 spiro atoms. The van der Waals surface area contributed by atoms with Crippen LogP contribution in [0.5, 0.6) is 5.75 Å². The maximum absolute atomic E-state index is 13.2. The predicted molar refractivity (Wildman–Crippen MR) is 147 cm³/mol. The smallest absolute Gasteiger partial charge is 0.326 e. The van der Waals surface area contributed by atoms with Gasteiger partial charge in [0.2, 0.25) is 5.91 Å². The molecule has 6 rings (SSSR count). The number of hydroxylamine groups is 1. The number of urea groups is 1. The van der Waals surface area contributed by atoms with E-state index in [-0.39, 0.29) is 17.8 Å². The van der Waals surface area contributed by atoms with Gasteiger partial charge >= 0.3 is 6.03 Å². The van der Waals surface area contributed by atoms with Gasteiger partial charge in [-0.05, 0) is 60.7 Å². The van der Waals surface area contributed by atoms with Gasteiger partial charge in [-0.1, -0.05) is 19.1 Å². The van der Waals surface area contributed by atoms with Crippen LogP contribution in [0.25, 0.3) is 10.9 Å². The van der Waals surface area contributed by atoms with Crippen molar-refractivity contribution in [3.05, 3.63) is 64.8 Å². The van der Waals surface area contributed by atoms with Crippen molar-refractivity contribution in [2.24, 2.45) is 0 Å². The highest BCUT2D eigenvalue weighted by Gasteiger charge is 2.44. The summed E-state index contributed by atoms with van der Waals surface area (Å²) in [6, 6.07) is 13.1. The van der Waals surface area contributed by atoms with E-state index < -0.39 is 12.2 Å². The molecule has 2 aromatic carbocycles. The van der Waals surface area contributed by atoms with E-state index in [2.05, 4.69) is 17.0 Å². The van der Waals surface area contributed by atoms with Gasteiger partial charge < -0.3 is 18.9 Å². The zero-order valence-corrected chi connectivity index (χ0v) is 22.9. The van der Waals surface area contributed by atoms with Gasteiger partial charge in [0.05, 0.1) is 19.1 Å². The van der Waals surface area contributed by atoms with E-state index in [0.717, 1.165) is 59.2 Å². The number of hydrogen-bond donors (Lipinski definition) is 1. The number of carbonyl (C=O) groups excluding carboxylic acids is 3. The summed E-state index contributed by atoms with van der Waals surface area (Å²) in [5, 5.41) is 0.974. The predicted octanol–water partition coefficient (Wildman–Crippen LogP) is 4.16. The molecule has 4 amide bonds. The third-order valence-corrected chi connectivity index (χ3v) is 7.91. The highest BCUT2D eigenvalue weighted by Crippen LogP contribution is 2.41. The van der Waals surface area contributed by atoms with Crippen LogP contribution in [0, 0.1) is 0 Å². The molecule has 3 aliphatic heterocycles. The lowest BCUT2D eigenvalue weighted by molar-refractivity contribution is -0.186. The van der Waals surface area contributed by atoms with E-state index in [1.807, 2.05) is 30.3 Å². The minimum atomic E-state index is -0.421. The summed E-state index contributed by atoms with van der Waals surface area (Å²) in [6.45, 7) is 4.63. The minimum Gasteiger partial charge on any atom is -0.494 e. The summed E-state index contributed by atoms with van der Waals surface area (Å²) in [4.78, 5) is 47.0. The number of aromatic nitrogens is 1. The Labute approximate surface area is 232 Å². The number of amides is 4. The van der Waals surface area contributed by atoms with E-state index >= 15 is 0 Å². The van der Waals surface area contributed by atoms with Crippen molar-refractivity contribution in [3.63, 3.8) is 0 Å². The van der Waals surface area contributed by atoms with Crippen molar-refractivity contribution >= 4 is 28.7 Å². The number of hydrogen-bond acceptors (Lipinski definition) is 6. The van der Waals surface area contributed by atoms with Crippen molar-refractivity contribution in [2.45, 2.75) is 57.9 Å². The molecule has 4 heterocycles. The van der Waals surface area contributed by atoms with Crippen LogP contribution >= 0.6 is 0 Å². The third-order valence-electron chi connectivity index (χ3n) is 7.91. The van der Waals surface area contributed by atoms with Crippen molar-refractivity contribution in [1.29, 1.82) is 0 Å². The number of nitrogens with one attached hydrogen (secondary N) is 1. The van der Waals surface area contributed by atoms with Gasteiger partial charge in [0, 0.05) is 55.3 Å². The maximum Gasteiger partial charge on any atom is 0.326 e. The van der Waals surface area contributed by atoms with E-state index in [9.17, 15) is 14.4 Å². The Balaban J connectivity index is 1.29. The van der Waals surface area contributed by atoms with Crippen molar-refractivity contribution in [2.75, 3.05) is 26.8 Å².